The van der Waals surface area contributed by atoms with Crippen LogP contribution in [0.1, 0.15) is 52.4 Å². The van der Waals surface area contributed by atoms with Crippen LogP contribution in [-0.4, -0.2) is 96.1 Å². The number of ether oxygens (including phenoxy) is 6. The van der Waals surface area contributed by atoms with Crippen LogP contribution in [0.5, 0.6) is 0 Å². The van der Waals surface area contributed by atoms with Crippen LogP contribution in [0.2, 0.25) is 0 Å². The fourth-order valence-corrected chi connectivity index (χ4v) is 12.6. The van der Waals surface area contributed by atoms with Gasteiger partial charge in [0.1, 0.15) is 24.4 Å². The van der Waals surface area contributed by atoms with Gasteiger partial charge in [0, 0.05) is 23.7 Å². The Labute approximate surface area is 365 Å². The third-order valence-electron chi connectivity index (χ3n) is 16.1. The molecule has 18 unspecified atom stereocenters. The molecule has 6 saturated carbocycles. The molecule has 12 nitrogen and oxygen atoms in total. The molecule has 18 atom stereocenters. The van der Waals surface area contributed by atoms with E-state index in [1.807, 2.05) is 24.3 Å². The number of halogens is 12. The van der Waals surface area contributed by atoms with E-state index in [9.17, 15) is 81.5 Å². The van der Waals surface area contributed by atoms with Gasteiger partial charge < -0.3 is 28.4 Å². The van der Waals surface area contributed by atoms with Crippen LogP contribution in [0, 0.1) is 82.9 Å². The quantitative estimate of drug-likeness (QED) is 0.110. The van der Waals surface area contributed by atoms with Gasteiger partial charge in [-0.05, 0) is 76.0 Å². The van der Waals surface area contributed by atoms with Crippen molar-refractivity contribution < 1.29 is 110 Å². The third-order valence-corrected chi connectivity index (χ3v) is 16.1. The molecule has 8 aliphatic carbocycles. The summed E-state index contributed by atoms with van der Waals surface area (Å²) >= 11 is 0. The van der Waals surface area contributed by atoms with E-state index in [-0.39, 0.29) is 50.4 Å². The fourth-order valence-electron chi connectivity index (χ4n) is 12.6. The molecule has 10 aliphatic rings. The molecule has 66 heavy (non-hydrogen) atoms. The Kier molecular flexibility index (Phi) is 10.6. The van der Waals surface area contributed by atoms with Crippen LogP contribution in [0.3, 0.4) is 0 Å². The van der Waals surface area contributed by atoms with Crippen LogP contribution in [-0.2, 0) is 57.2 Å². The van der Waals surface area contributed by atoms with Gasteiger partial charge in [-0.3, -0.25) is 28.8 Å². The molecule has 2 heterocycles. The first-order valence-corrected chi connectivity index (χ1v) is 21.4. The van der Waals surface area contributed by atoms with Crippen molar-refractivity contribution in [1.29, 1.82) is 0 Å². The summed E-state index contributed by atoms with van der Waals surface area (Å²) in [5, 5.41) is 0. The van der Waals surface area contributed by atoms with Crippen molar-refractivity contribution >= 4 is 35.8 Å². The Morgan fingerprint density at radius 1 is 0.485 bits per heavy atom. The Morgan fingerprint density at radius 3 is 1.09 bits per heavy atom. The van der Waals surface area contributed by atoms with Crippen molar-refractivity contribution in [1.82, 2.24) is 0 Å². The molecule has 8 fully saturated rings. The first-order valence-electron chi connectivity index (χ1n) is 21.4. The normalized spacial score (nSPS) is 40.9. The van der Waals surface area contributed by atoms with Gasteiger partial charge in [-0.1, -0.05) is 24.3 Å². The monoisotopic (exact) mass is 964 g/mol. The molecule has 0 aromatic carbocycles. The van der Waals surface area contributed by atoms with Gasteiger partial charge in [0.25, 0.3) is 11.2 Å². The van der Waals surface area contributed by atoms with Gasteiger partial charge in [0.2, 0.25) is 0 Å². The van der Waals surface area contributed by atoms with Crippen LogP contribution < -0.4 is 0 Å². The molecule has 364 valence electrons. The molecular formula is C42H40F12O12. The lowest BCUT2D eigenvalue weighted by Gasteiger charge is -2.36. The van der Waals surface area contributed by atoms with Crippen molar-refractivity contribution in [2.75, 3.05) is 0 Å². The first kappa shape index (κ1) is 46.6. The number of carbonyl (C=O) groups excluding carboxylic acids is 6. The van der Waals surface area contributed by atoms with Crippen molar-refractivity contribution in [3.05, 3.63) is 24.3 Å². The summed E-state index contributed by atoms with van der Waals surface area (Å²) < 4.78 is 189. The number of fused-ring (bicyclic) bond motifs is 6. The number of hydrogen-bond donors (Lipinski definition) is 0. The lowest BCUT2D eigenvalue weighted by Crippen LogP contribution is -2.58. The molecule has 0 amide bonds. The maximum Gasteiger partial charge on any atom is 0.437 e. The van der Waals surface area contributed by atoms with E-state index in [2.05, 4.69) is 9.47 Å². The second-order valence-electron chi connectivity index (χ2n) is 19.5. The van der Waals surface area contributed by atoms with Crippen molar-refractivity contribution in [3.8, 4) is 0 Å². The molecule has 0 aromatic rings. The zero-order chi connectivity index (χ0) is 48.2. The van der Waals surface area contributed by atoms with Gasteiger partial charge in [0.05, 0.1) is 35.5 Å². The SMILES string of the molecule is CC(OC(=O)C1C2CC3C(OC(=O)C31)C2OC(=O)C1CC2C=CC1C2)(C(F)(F)F)C(F)(F)F.CC(OC(=O)C1C2CC3C(OC(=O)C31)C2OC(=O)C1CC2C=CC1C2)(C(F)(F)F)C(F)(F)F. The van der Waals surface area contributed by atoms with Crippen LogP contribution in [0.15, 0.2) is 24.3 Å². The highest BCUT2D eigenvalue weighted by Crippen LogP contribution is 2.62. The van der Waals surface area contributed by atoms with E-state index in [1.165, 1.54) is 0 Å². The standard InChI is InChI=1S/2C21H20F6O6/c2*1-19(20(22,23)24,21(25,26)27)33-18(30)13-11-6-10-12(13)17(29)32-15(10)14(11)31-16(28)9-5-7-2-3-8(9)4-7/h2*2-3,7-15H,4-6H2,1H3. The number of esters is 6. The average Bonchev–Trinajstić information content (AvgIpc) is 4.06. The predicted octanol–water partition coefficient (Wildman–Crippen LogP) is 6.69. The van der Waals surface area contributed by atoms with E-state index in [4.69, 9.17) is 18.9 Å². The Balaban J connectivity index is 0.000000166. The molecule has 24 heteroatoms. The number of rotatable bonds is 8. The number of alkyl halides is 12. The van der Waals surface area contributed by atoms with Crippen molar-refractivity contribution in [3.63, 3.8) is 0 Å². The van der Waals surface area contributed by atoms with Gasteiger partial charge >= 0.3 is 60.5 Å². The number of allylic oxidation sites excluding steroid dienone is 4. The van der Waals surface area contributed by atoms with E-state index in [0.29, 0.717) is 12.8 Å². The topological polar surface area (TPSA) is 158 Å². The molecular weight excluding hydrogens is 924 g/mol. The van der Waals surface area contributed by atoms with Crippen LogP contribution >= 0.6 is 0 Å². The zero-order valence-electron chi connectivity index (χ0n) is 34.4. The summed E-state index contributed by atoms with van der Waals surface area (Å²) in [5.74, 6) is -15.8. The summed E-state index contributed by atoms with van der Waals surface area (Å²) in [6, 6.07) is 0. The smallest absolute Gasteiger partial charge is 0.437 e. The highest BCUT2D eigenvalue weighted by Gasteiger charge is 2.76. The highest BCUT2D eigenvalue weighted by atomic mass is 19.4. The lowest BCUT2D eigenvalue weighted by atomic mass is 9.78. The van der Waals surface area contributed by atoms with Crippen molar-refractivity contribution in [2.45, 2.75) is 113 Å². The molecule has 0 radical (unpaired) electrons. The van der Waals surface area contributed by atoms with Gasteiger partial charge in [-0.15, -0.1) is 0 Å². The minimum atomic E-state index is -5.93. The minimum absolute atomic E-state index is 0.00000798. The molecule has 0 N–H and O–H groups in total. The second kappa shape index (κ2) is 15.0. The predicted molar refractivity (Wildman–Crippen MR) is 188 cm³/mol. The highest BCUT2D eigenvalue weighted by molar-refractivity contribution is 5.88. The Morgan fingerprint density at radius 2 is 0.818 bits per heavy atom. The lowest BCUT2D eigenvalue weighted by molar-refractivity contribution is -0.364. The molecule has 2 aliphatic heterocycles. The molecule has 2 saturated heterocycles. The zero-order valence-corrected chi connectivity index (χ0v) is 34.4. The average molecular weight is 965 g/mol. The van der Waals surface area contributed by atoms with Crippen molar-refractivity contribution in [2.24, 2.45) is 82.9 Å². The summed E-state index contributed by atoms with van der Waals surface area (Å²) in [4.78, 5) is 75.6. The van der Waals surface area contributed by atoms with E-state index in [0.717, 1.165) is 12.8 Å². The van der Waals surface area contributed by atoms with Gasteiger partial charge in [0.15, 0.2) is 0 Å². The van der Waals surface area contributed by atoms with Crippen LogP contribution in [0.4, 0.5) is 52.7 Å². The van der Waals surface area contributed by atoms with Crippen LogP contribution in [0.25, 0.3) is 0 Å². The number of hydrogen-bond acceptors (Lipinski definition) is 12. The minimum Gasteiger partial charge on any atom is -0.458 e. The summed E-state index contributed by atoms with van der Waals surface area (Å²) in [5.41, 5.74) is -9.50. The largest absolute Gasteiger partial charge is 0.458 e. The maximum absolute atomic E-state index is 13.2. The van der Waals surface area contributed by atoms with Gasteiger partial charge in [-0.25, -0.2) is 0 Å². The molecule has 8 bridgehead atoms. The third kappa shape index (κ3) is 6.91. The Hall–Kier alpha value is -4.54. The summed E-state index contributed by atoms with van der Waals surface area (Å²) in [7, 11) is 0. The molecule has 0 spiro atoms. The van der Waals surface area contributed by atoms with E-state index in [1.54, 1.807) is 0 Å². The maximum atomic E-state index is 13.2. The summed E-state index contributed by atoms with van der Waals surface area (Å²) in [6.07, 6.45) is -16.9. The number of carbonyl (C=O) groups is 6. The summed E-state index contributed by atoms with van der Waals surface area (Å²) in [6.45, 7) is -0.540. The van der Waals surface area contributed by atoms with Gasteiger partial charge in [-0.2, -0.15) is 52.7 Å². The Bertz CT molecular complexity index is 1970. The van der Waals surface area contributed by atoms with E-state index >= 15 is 0 Å². The second-order valence-corrected chi connectivity index (χ2v) is 19.5. The molecule has 0 aromatic heterocycles. The first-order chi connectivity index (χ1) is 30.5. The fraction of sp³-hybridized carbons (Fsp3) is 0.762. The van der Waals surface area contributed by atoms with E-state index < -0.39 is 155 Å². The molecule has 10 rings (SSSR count).